The first kappa shape index (κ1) is 13.3. The summed E-state index contributed by atoms with van der Waals surface area (Å²) in [7, 11) is 0. The SMILES string of the molecule is CC(C)OCCCCNC1CCSC1C. The van der Waals surface area contributed by atoms with E-state index in [1.807, 2.05) is 0 Å². The van der Waals surface area contributed by atoms with Gasteiger partial charge >= 0.3 is 0 Å². The summed E-state index contributed by atoms with van der Waals surface area (Å²) in [5.74, 6) is 1.33. The number of nitrogens with one attached hydrogen (secondary N) is 1. The van der Waals surface area contributed by atoms with Crippen molar-refractivity contribution in [3.63, 3.8) is 0 Å². The predicted octanol–water partition coefficient (Wildman–Crippen LogP) is 2.68. The number of thioether (sulfide) groups is 1. The van der Waals surface area contributed by atoms with Crippen LogP contribution in [0.2, 0.25) is 0 Å². The smallest absolute Gasteiger partial charge is 0.0518 e. The van der Waals surface area contributed by atoms with Crippen LogP contribution in [-0.4, -0.2) is 36.3 Å². The summed E-state index contributed by atoms with van der Waals surface area (Å²) >= 11 is 2.09. The van der Waals surface area contributed by atoms with E-state index in [0.717, 1.165) is 24.4 Å². The second kappa shape index (κ2) is 7.53. The number of rotatable bonds is 7. The summed E-state index contributed by atoms with van der Waals surface area (Å²) in [4.78, 5) is 0. The molecule has 0 aromatic heterocycles. The van der Waals surface area contributed by atoms with Crippen molar-refractivity contribution in [2.75, 3.05) is 18.9 Å². The molecule has 2 nitrogen and oxygen atoms in total. The molecule has 0 amide bonds. The van der Waals surface area contributed by atoms with Crippen LogP contribution in [0.25, 0.3) is 0 Å². The van der Waals surface area contributed by atoms with Crippen LogP contribution in [0.3, 0.4) is 0 Å². The Hall–Kier alpha value is 0.270. The van der Waals surface area contributed by atoms with Crippen molar-refractivity contribution in [2.45, 2.75) is 57.4 Å². The molecule has 0 saturated carbocycles. The molecule has 15 heavy (non-hydrogen) atoms. The van der Waals surface area contributed by atoms with Gasteiger partial charge < -0.3 is 10.1 Å². The van der Waals surface area contributed by atoms with E-state index in [-0.39, 0.29) is 0 Å². The van der Waals surface area contributed by atoms with Gasteiger partial charge in [0, 0.05) is 17.9 Å². The second-order valence-electron chi connectivity index (χ2n) is 4.55. The van der Waals surface area contributed by atoms with Gasteiger partial charge in [0.1, 0.15) is 0 Å². The van der Waals surface area contributed by atoms with Crippen molar-refractivity contribution in [1.82, 2.24) is 5.32 Å². The van der Waals surface area contributed by atoms with Gasteiger partial charge in [-0.1, -0.05) is 6.92 Å². The van der Waals surface area contributed by atoms with Crippen molar-refractivity contribution >= 4 is 11.8 Å². The van der Waals surface area contributed by atoms with Crippen molar-refractivity contribution in [3.8, 4) is 0 Å². The predicted molar refractivity (Wildman–Crippen MR) is 68.6 cm³/mol. The molecule has 2 unspecified atom stereocenters. The number of unbranched alkanes of at least 4 members (excludes halogenated alkanes) is 1. The largest absolute Gasteiger partial charge is 0.379 e. The van der Waals surface area contributed by atoms with E-state index in [4.69, 9.17) is 4.74 Å². The monoisotopic (exact) mass is 231 g/mol. The number of ether oxygens (including phenoxy) is 1. The fourth-order valence-electron chi connectivity index (χ4n) is 1.83. The second-order valence-corrected chi connectivity index (χ2v) is 6.04. The summed E-state index contributed by atoms with van der Waals surface area (Å²) < 4.78 is 5.50. The summed E-state index contributed by atoms with van der Waals surface area (Å²) in [6.45, 7) is 8.58. The van der Waals surface area contributed by atoms with Crippen LogP contribution >= 0.6 is 11.8 Å². The van der Waals surface area contributed by atoms with E-state index in [0.29, 0.717) is 6.10 Å². The van der Waals surface area contributed by atoms with Crippen LogP contribution in [0.1, 0.15) is 40.0 Å². The minimum absolute atomic E-state index is 0.379. The highest BCUT2D eigenvalue weighted by Gasteiger charge is 2.22. The Morgan fingerprint density at radius 2 is 2.20 bits per heavy atom. The Bertz CT molecular complexity index is 164. The zero-order valence-electron chi connectivity index (χ0n) is 10.3. The fourth-order valence-corrected chi connectivity index (χ4v) is 3.06. The molecule has 0 bridgehead atoms. The van der Waals surface area contributed by atoms with Gasteiger partial charge in [-0.15, -0.1) is 0 Å². The van der Waals surface area contributed by atoms with E-state index in [9.17, 15) is 0 Å². The quantitative estimate of drug-likeness (QED) is 0.681. The Morgan fingerprint density at radius 3 is 2.80 bits per heavy atom. The minimum Gasteiger partial charge on any atom is -0.379 e. The molecular weight excluding hydrogens is 206 g/mol. The van der Waals surface area contributed by atoms with Crippen LogP contribution in [-0.2, 0) is 4.74 Å². The maximum absolute atomic E-state index is 5.50. The molecule has 3 heteroatoms. The lowest BCUT2D eigenvalue weighted by molar-refractivity contribution is 0.0759. The van der Waals surface area contributed by atoms with E-state index < -0.39 is 0 Å². The highest BCUT2D eigenvalue weighted by Crippen LogP contribution is 2.25. The van der Waals surface area contributed by atoms with Crippen LogP contribution in [0.15, 0.2) is 0 Å². The summed E-state index contributed by atoms with van der Waals surface area (Å²) in [6.07, 6.45) is 4.14. The van der Waals surface area contributed by atoms with Gasteiger partial charge in [-0.3, -0.25) is 0 Å². The van der Waals surface area contributed by atoms with Gasteiger partial charge in [-0.25, -0.2) is 0 Å². The first-order chi connectivity index (χ1) is 7.20. The van der Waals surface area contributed by atoms with E-state index in [2.05, 4.69) is 37.8 Å². The zero-order chi connectivity index (χ0) is 11.1. The molecule has 2 atom stereocenters. The highest BCUT2D eigenvalue weighted by atomic mass is 32.2. The number of hydrogen-bond donors (Lipinski definition) is 1. The maximum Gasteiger partial charge on any atom is 0.0518 e. The molecule has 0 radical (unpaired) electrons. The summed E-state index contributed by atoms with van der Waals surface area (Å²) in [5, 5.41) is 4.45. The summed E-state index contributed by atoms with van der Waals surface area (Å²) in [6, 6.07) is 0.751. The fraction of sp³-hybridized carbons (Fsp3) is 1.00. The van der Waals surface area contributed by atoms with Crippen LogP contribution in [0.4, 0.5) is 0 Å². The summed E-state index contributed by atoms with van der Waals surface area (Å²) in [5.41, 5.74) is 0. The lowest BCUT2D eigenvalue weighted by atomic mass is 10.1. The third-order valence-corrected chi connectivity index (χ3v) is 4.13. The lowest BCUT2D eigenvalue weighted by Crippen LogP contribution is -2.34. The average Bonchev–Trinajstić information content (AvgIpc) is 2.57. The minimum atomic E-state index is 0.379. The maximum atomic E-state index is 5.50. The van der Waals surface area contributed by atoms with Crippen molar-refractivity contribution < 1.29 is 4.74 Å². The van der Waals surface area contributed by atoms with Gasteiger partial charge in [0.25, 0.3) is 0 Å². The van der Waals surface area contributed by atoms with Crippen LogP contribution in [0, 0.1) is 0 Å². The van der Waals surface area contributed by atoms with Gasteiger partial charge in [0.15, 0.2) is 0 Å². The Labute approximate surface area is 98.5 Å². The molecule has 1 heterocycles. The lowest BCUT2D eigenvalue weighted by Gasteiger charge is -2.16. The molecule has 1 N–H and O–H groups in total. The molecular formula is C12H25NOS. The molecule has 1 aliphatic heterocycles. The third-order valence-electron chi connectivity index (χ3n) is 2.81. The first-order valence-corrected chi connectivity index (χ1v) is 7.21. The van der Waals surface area contributed by atoms with Gasteiger partial charge in [-0.05, 0) is 45.4 Å². The normalized spacial score (nSPS) is 26.4. The van der Waals surface area contributed by atoms with Gasteiger partial charge in [0.2, 0.25) is 0 Å². The van der Waals surface area contributed by atoms with Crippen molar-refractivity contribution in [1.29, 1.82) is 0 Å². The molecule has 1 aliphatic rings. The Kier molecular flexibility index (Phi) is 6.69. The Balaban J connectivity index is 1.88. The van der Waals surface area contributed by atoms with E-state index in [1.54, 1.807) is 0 Å². The van der Waals surface area contributed by atoms with E-state index >= 15 is 0 Å². The van der Waals surface area contributed by atoms with E-state index in [1.165, 1.54) is 25.0 Å². The zero-order valence-corrected chi connectivity index (χ0v) is 11.1. The molecule has 0 aliphatic carbocycles. The van der Waals surface area contributed by atoms with Crippen LogP contribution in [0.5, 0.6) is 0 Å². The molecule has 0 aromatic carbocycles. The van der Waals surface area contributed by atoms with Crippen molar-refractivity contribution in [3.05, 3.63) is 0 Å². The highest BCUT2D eigenvalue weighted by molar-refractivity contribution is 8.00. The molecule has 1 fully saturated rings. The Morgan fingerprint density at radius 1 is 1.40 bits per heavy atom. The topological polar surface area (TPSA) is 21.3 Å². The van der Waals surface area contributed by atoms with Crippen LogP contribution < -0.4 is 5.32 Å². The first-order valence-electron chi connectivity index (χ1n) is 6.16. The molecule has 0 spiro atoms. The average molecular weight is 231 g/mol. The third kappa shape index (κ3) is 5.79. The van der Waals surface area contributed by atoms with Gasteiger partial charge in [-0.2, -0.15) is 11.8 Å². The molecule has 90 valence electrons. The molecule has 0 aromatic rings. The van der Waals surface area contributed by atoms with Crippen molar-refractivity contribution in [2.24, 2.45) is 0 Å². The molecule has 1 saturated heterocycles. The number of hydrogen-bond acceptors (Lipinski definition) is 3. The molecule has 1 rings (SSSR count). The van der Waals surface area contributed by atoms with Gasteiger partial charge in [0.05, 0.1) is 6.10 Å². The standard InChI is InChI=1S/C12H25NOS/c1-10(2)14-8-5-4-7-13-12-6-9-15-11(12)3/h10-13H,4-9H2,1-3H3.